The highest BCUT2D eigenvalue weighted by Crippen LogP contribution is 2.33. The molecule has 0 fully saturated rings. The van der Waals surface area contributed by atoms with Crippen molar-refractivity contribution >= 4 is 16.7 Å². The Morgan fingerprint density at radius 1 is 1.00 bits per heavy atom. The van der Waals surface area contributed by atoms with E-state index in [9.17, 15) is 0 Å². The van der Waals surface area contributed by atoms with Crippen LogP contribution in [-0.4, -0.2) is 24.4 Å². The molecule has 7 heteroatoms. The first-order valence-corrected chi connectivity index (χ1v) is 8.40. The average molecular weight is 347 g/mol. The van der Waals surface area contributed by atoms with Crippen LogP contribution in [0.15, 0.2) is 39.4 Å². The van der Waals surface area contributed by atoms with Gasteiger partial charge in [0.1, 0.15) is 28.7 Å². The molecule has 0 bridgehead atoms. The summed E-state index contributed by atoms with van der Waals surface area (Å²) in [6.07, 6.45) is 1.69. The molecule has 1 aromatic carbocycles. The molecular weight excluding hydrogens is 330 g/mol. The second-order valence-electron chi connectivity index (χ2n) is 6.45. The number of aromatic nitrogens is 5. The van der Waals surface area contributed by atoms with E-state index >= 15 is 0 Å². The monoisotopic (exact) mass is 347 g/mol. The van der Waals surface area contributed by atoms with E-state index in [1.165, 1.54) is 0 Å². The molecule has 7 nitrogen and oxygen atoms in total. The van der Waals surface area contributed by atoms with Crippen molar-refractivity contribution in [1.82, 2.24) is 24.4 Å². The molecule has 5 aromatic rings. The van der Waals surface area contributed by atoms with Gasteiger partial charge in [-0.25, -0.2) is 9.67 Å². The maximum absolute atomic E-state index is 6.11. The summed E-state index contributed by atoms with van der Waals surface area (Å²) in [6.45, 7) is 7.69. The van der Waals surface area contributed by atoms with Crippen molar-refractivity contribution in [2.45, 2.75) is 27.7 Å². The second-order valence-corrected chi connectivity index (χ2v) is 6.45. The van der Waals surface area contributed by atoms with Crippen LogP contribution >= 0.6 is 0 Å². The lowest BCUT2D eigenvalue weighted by atomic mass is 10.1. The molecule has 0 saturated heterocycles. The van der Waals surface area contributed by atoms with Gasteiger partial charge in [0.2, 0.25) is 5.71 Å². The van der Waals surface area contributed by atoms with Crippen LogP contribution in [-0.2, 0) is 0 Å². The van der Waals surface area contributed by atoms with Gasteiger partial charge >= 0.3 is 0 Å². The number of hydrogen-bond donors (Lipinski definition) is 0. The maximum Gasteiger partial charge on any atom is 0.249 e. The van der Waals surface area contributed by atoms with Crippen LogP contribution in [0.1, 0.15) is 23.1 Å². The average Bonchev–Trinajstić information content (AvgIpc) is 3.31. The Kier molecular flexibility index (Phi) is 2.92. The first kappa shape index (κ1) is 14.9. The normalized spacial score (nSPS) is 11.8. The third-order valence-electron chi connectivity index (χ3n) is 4.60. The van der Waals surface area contributed by atoms with Crippen molar-refractivity contribution in [3.05, 3.63) is 53.6 Å². The van der Waals surface area contributed by atoms with Crippen LogP contribution in [0.3, 0.4) is 0 Å². The summed E-state index contributed by atoms with van der Waals surface area (Å²) in [7, 11) is 0. The van der Waals surface area contributed by atoms with Gasteiger partial charge in [0.05, 0.1) is 12.0 Å². The highest BCUT2D eigenvalue weighted by Gasteiger charge is 2.23. The Balaban J connectivity index is 1.79. The van der Waals surface area contributed by atoms with Gasteiger partial charge in [-0.15, -0.1) is 0 Å². The van der Waals surface area contributed by atoms with Gasteiger partial charge in [0.25, 0.3) is 0 Å². The van der Waals surface area contributed by atoms with Gasteiger partial charge in [-0.1, -0.05) is 0 Å². The zero-order valence-electron chi connectivity index (χ0n) is 14.9. The van der Waals surface area contributed by atoms with E-state index in [1.807, 2.05) is 50.4 Å². The molecule has 0 aliphatic carbocycles. The molecule has 0 aliphatic heterocycles. The third-order valence-corrected chi connectivity index (χ3v) is 4.60. The highest BCUT2D eigenvalue weighted by atomic mass is 16.4. The number of benzene rings is 1. The van der Waals surface area contributed by atoms with Crippen molar-refractivity contribution in [2.24, 2.45) is 0 Å². The Morgan fingerprint density at radius 2 is 1.85 bits per heavy atom. The van der Waals surface area contributed by atoms with E-state index in [0.29, 0.717) is 5.71 Å². The van der Waals surface area contributed by atoms with Gasteiger partial charge in [-0.05, 0) is 52.0 Å². The minimum atomic E-state index is 0.662. The smallest absolute Gasteiger partial charge is 0.249 e. The lowest BCUT2D eigenvalue weighted by Gasteiger charge is -2.00. The van der Waals surface area contributed by atoms with Gasteiger partial charge in [0.15, 0.2) is 5.69 Å². The van der Waals surface area contributed by atoms with Crippen molar-refractivity contribution < 1.29 is 8.83 Å². The van der Waals surface area contributed by atoms with E-state index in [2.05, 4.69) is 16.1 Å². The van der Waals surface area contributed by atoms with Gasteiger partial charge in [-0.2, -0.15) is 14.7 Å². The fraction of sp³-hybridized carbons (Fsp3) is 0.211. The first-order chi connectivity index (χ1) is 12.5. The fourth-order valence-electron chi connectivity index (χ4n) is 3.50. The summed E-state index contributed by atoms with van der Waals surface area (Å²) in [6, 6.07) is 8.01. The topological polar surface area (TPSA) is 74.3 Å². The SMILES string of the molecule is Cc1nc(C)n(-c2c(C)nn3c(-c4ccc5occc5c4)c(C)oc23)n1. The van der Waals surface area contributed by atoms with Crippen LogP contribution in [0.5, 0.6) is 0 Å². The first-order valence-electron chi connectivity index (χ1n) is 8.40. The van der Waals surface area contributed by atoms with Crippen molar-refractivity contribution in [3.8, 4) is 16.9 Å². The minimum absolute atomic E-state index is 0.662. The van der Waals surface area contributed by atoms with Crippen LogP contribution in [0.4, 0.5) is 0 Å². The largest absolute Gasteiger partial charge is 0.464 e. The molecule has 0 aliphatic rings. The van der Waals surface area contributed by atoms with Gasteiger partial charge in [0, 0.05) is 10.9 Å². The van der Waals surface area contributed by atoms with Crippen molar-refractivity contribution in [1.29, 1.82) is 0 Å². The van der Waals surface area contributed by atoms with E-state index in [4.69, 9.17) is 13.9 Å². The second kappa shape index (κ2) is 5.08. The molecule has 0 N–H and O–H groups in total. The summed E-state index contributed by atoms with van der Waals surface area (Å²) in [5.74, 6) is 2.32. The molecule has 0 saturated carbocycles. The predicted octanol–water partition coefficient (Wildman–Crippen LogP) is 4.15. The number of oxazole rings is 1. The summed E-state index contributed by atoms with van der Waals surface area (Å²) < 4.78 is 15.2. The highest BCUT2D eigenvalue weighted by molar-refractivity contribution is 5.83. The molecule has 0 unspecified atom stereocenters. The quantitative estimate of drug-likeness (QED) is 0.479. The number of fused-ring (bicyclic) bond motifs is 2. The lowest BCUT2D eigenvalue weighted by molar-refractivity contribution is 0.569. The predicted molar refractivity (Wildman–Crippen MR) is 96.5 cm³/mol. The summed E-state index contributed by atoms with van der Waals surface area (Å²) in [5.41, 5.74) is 5.12. The van der Waals surface area contributed by atoms with Gasteiger partial charge < -0.3 is 8.83 Å². The number of hydrogen-bond acceptors (Lipinski definition) is 5. The Hall–Kier alpha value is -3.35. The molecule has 5 rings (SSSR count). The molecule has 26 heavy (non-hydrogen) atoms. The van der Waals surface area contributed by atoms with Crippen LogP contribution < -0.4 is 0 Å². The molecule has 0 spiro atoms. The minimum Gasteiger partial charge on any atom is -0.464 e. The standard InChI is InChI=1S/C19H17N5O2/c1-10-17(23-13(4)20-12(3)22-23)19-24(21-10)18(11(2)26-19)15-5-6-16-14(9-15)7-8-25-16/h5-9H,1-4H3. The van der Waals surface area contributed by atoms with Crippen LogP contribution in [0.25, 0.3) is 33.6 Å². The van der Waals surface area contributed by atoms with E-state index in [0.717, 1.165) is 51.0 Å². The van der Waals surface area contributed by atoms with E-state index in [-0.39, 0.29) is 0 Å². The number of nitrogens with zero attached hydrogens (tertiary/aromatic N) is 5. The fourth-order valence-corrected chi connectivity index (χ4v) is 3.50. The van der Waals surface area contributed by atoms with E-state index < -0.39 is 0 Å². The summed E-state index contributed by atoms with van der Waals surface area (Å²) in [5, 5.41) is 10.2. The molecule has 4 heterocycles. The number of rotatable bonds is 2. The van der Waals surface area contributed by atoms with E-state index in [1.54, 1.807) is 10.9 Å². The molecule has 0 amide bonds. The molecule has 4 aromatic heterocycles. The lowest BCUT2D eigenvalue weighted by Crippen LogP contribution is -2.00. The summed E-state index contributed by atoms with van der Waals surface area (Å²) >= 11 is 0. The maximum atomic E-state index is 6.11. The Labute approximate surface area is 148 Å². The molecule has 130 valence electrons. The molecule has 0 atom stereocenters. The summed E-state index contributed by atoms with van der Waals surface area (Å²) in [4.78, 5) is 4.39. The Morgan fingerprint density at radius 3 is 2.62 bits per heavy atom. The number of furan rings is 1. The molecule has 0 radical (unpaired) electrons. The Bertz CT molecular complexity index is 1280. The van der Waals surface area contributed by atoms with Gasteiger partial charge in [-0.3, -0.25) is 0 Å². The number of aryl methyl sites for hydroxylation is 4. The third kappa shape index (κ3) is 1.97. The van der Waals surface area contributed by atoms with Crippen molar-refractivity contribution in [2.75, 3.05) is 0 Å². The zero-order chi connectivity index (χ0) is 18.0. The van der Waals surface area contributed by atoms with Crippen LogP contribution in [0.2, 0.25) is 0 Å². The van der Waals surface area contributed by atoms with Crippen LogP contribution in [0, 0.1) is 27.7 Å². The molecular formula is C19H17N5O2. The zero-order valence-corrected chi connectivity index (χ0v) is 14.9. The van der Waals surface area contributed by atoms with Crippen molar-refractivity contribution in [3.63, 3.8) is 0 Å².